The summed E-state index contributed by atoms with van der Waals surface area (Å²) in [7, 11) is 1.64. The molecule has 12 nitrogen and oxygen atoms in total. The van der Waals surface area contributed by atoms with Crippen molar-refractivity contribution in [1.82, 2.24) is 9.89 Å². The Balaban J connectivity index is 1.79. The van der Waals surface area contributed by atoms with Crippen molar-refractivity contribution in [1.29, 1.82) is 0 Å². The zero-order chi connectivity index (χ0) is 24.8. The number of amides is 1. The zero-order valence-electron chi connectivity index (χ0n) is 18.1. The number of carboxylic acids is 2. The van der Waals surface area contributed by atoms with Gasteiger partial charge < -0.3 is 32.5 Å². The van der Waals surface area contributed by atoms with Gasteiger partial charge in [0.2, 0.25) is 0 Å². The molecule has 0 radical (unpaired) electrons. The first kappa shape index (κ1) is 23.8. The summed E-state index contributed by atoms with van der Waals surface area (Å²) in [5, 5.41) is 31.6. The largest absolute Gasteiger partial charge is 0.478 e. The van der Waals surface area contributed by atoms with E-state index in [1.807, 2.05) is 6.07 Å². The van der Waals surface area contributed by atoms with Gasteiger partial charge in [0.15, 0.2) is 11.2 Å². The van der Waals surface area contributed by atoms with E-state index in [0.29, 0.717) is 24.1 Å². The molecule has 0 fully saturated rings. The predicted octanol–water partition coefficient (Wildman–Crippen LogP) is 0.847. The normalized spacial score (nSPS) is 11.1. The Kier molecular flexibility index (Phi) is 7.11. The number of hydrogen-bond donors (Lipinski definition) is 6. The van der Waals surface area contributed by atoms with E-state index in [0.717, 1.165) is 10.4 Å². The molecule has 1 aromatic heterocycles. The van der Waals surface area contributed by atoms with Crippen molar-refractivity contribution in [3.05, 3.63) is 82.0 Å². The third kappa shape index (κ3) is 5.30. The number of nitrogens with one attached hydrogen (secondary N) is 2. The van der Waals surface area contributed by atoms with Crippen LogP contribution in [0, 0.1) is 0 Å². The Morgan fingerprint density at radius 2 is 1.50 bits per heavy atom. The lowest BCUT2D eigenvalue weighted by molar-refractivity contribution is 0.0686. The van der Waals surface area contributed by atoms with Gasteiger partial charge >= 0.3 is 11.9 Å². The molecule has 0 spiro atoms. The maximum atomic E-state index is 12.5. The molecule has 0 atom stereocenters. The van der Waals surface area contributed by atoms with Crippen molar-refractivity contribution >= 4 is 29.2 Å². The average molecular weight is 465 g/mol. The van der Waals surface area contributed by atoms with E-state index < -0.39 is 17.8 Å². The third-order valence-electron chi connectivity index (χ3n) is 5.05. The number of carbonyl (C=O) groups is 3. The minimum Gasteiger partial charge on any atom is -0.478 e. The van der Waals surface area contributed by atoms with E-state index in [9.17, 15) is 24.6 Å². The van der Waals surface area contributed by atoms with E-state index in [2.05, 4.69) is 20.8 Å². The molecule has 0 saturated heterocycles. The summed E-state index contributed by atoms with van der Waals surface area (Å²) in [5.74, 6) is 7.84. The molecule has 2 aromatic carbocycles. The van der Waals surface area contributed by atoms with Crippen molar-refractivity contribution in [2.75, 3.05) is 23.5 Å². The molecule has 12 heteroatoms. The molecule has 34 heavy (non-hydrogen) atoms. The van der Waals surface area contributed by atoms with Gasteiger partial charge in [-0.3, -0.25) is 4.79 Å². The summed E-state index contributed by atoms with van der Waals surface area (Å²) >= 11 is 0. The van der Waals surface area contributed by atoms with Crippen LogP contribution in [0.25, 0.3) is 0 Å². The van der Waals surface area contributed by atoms with Gasteiger partial charge in [-0.15, -0.1) is 5.10 Å². The van der Waals surface area contributed by atoms with Crippen LogP contribution in [-0.2, 0) is 12.8 Å². The molecule has 176 valence electrons. The van der Waals surface area contributed by atoms with E-state index in [-0.39, 0.29) is 28.0 Å². The highest BCUT2D eigenvalue weighted by molar-refractivity contribution is 6.06. The predicted molar refractivity (Wildman–Crippen MR) is 124 cm³/mol. The lowest BCUT2D eigenvalue weighted by Crippen LogP contribution is -2.33. The van der Waals surface area contributed by atoms with Crippen LogP contribution in [0.4, 0.5) is 11.4 Å². The summed E-state index contributed by atoms with van der Waals surface area (Å²) < 4.78 is 0. The lowest BCUT2D eigenvalue weighted by Gasteiger charge is -2.12. The van der Waals surface area contributed by atoms with Crippen LogP contribution < -0.4 is 27.8 Å². The summed E-state index contributed by atoms with van der Waals surface area (Å²) in [6, 6.07) is 12.5. The number of nitrogen functional groups attached to an aromatic ring is 1. The van der Waals surface area contributed by atoms with Crippen molar-refractivity contribution < 1.29 is 24.6 Å². The molecular weight excluding hydrogens is 442 g/mol. The number of aromatic carboxylic acids is 2. The first-order valence-corrected chi connectivity index (χ1v) is 10.0. The van der Waals surface area contributed by atoms with Crippen molar-refractivity contribution in [3.63, 3.8) is 0 Å². The monoisotopic (exact) mass is 465 g/mol. The number of carboxylic acid groups (broad SMARTS) is 2. The van der Waals surface area contributed by atoms with Crippen molar-refractivity contribution in [2.24, 2.45) is 10.9 Å². The van der Waals surface area contributed by atoms with Crippen molar-refractivity contribution in [3.8, 4) is 0 Å². The van der Waals surface area contributed by atoms with Gasteiger partial charge in [-0.2, -0.15) is 9.89 Å². The lowest BCUT2D eigenvalue weighted by atomic mass is 9.99. The third-order valence-corrected chi connectivity index (χ3v) is 5.05. The maximum absolute atomic E-state index is 12.5. The second-order valence-electron chi connectivity index (χ2n) is 7.22. The Morgan fingerprint density at radius 3 is 2.00 bits per heavy atom. The number of aromatic nitrogens is 2. The summed E-state index contributed by atoms with van der Waals surface area (Å²) in [5.41, 5.74) is 2.23. The Bertz CT molecular complexity index is 1330. The summed E-state index contributed by atoms with van der Waals surface area (Å²) in [4.78, 5) is 36.6. The molecule has 1 amide bonds. The van der Waals surface area contributed by atoms with Gasteiger partial charge in [0, 0.05) is 12.7 Å². The second-order valence-corrected chi connectivity index (χ2v) is 7.22. The molecular formula is C22H23N7O5. The van der Waals surface area contributed by atoms with E-state index in [1.165, 1.54) is 24.3 Å². The molecule has 0 aliphatic carbocycles. The number of nitrogens with zero attached hydrogens (tertiary/aromatic N) is 3. The molecule has 0 aliphatic rings. The standard InChI is InChI=1S/C22H23N7O5/c1-25-16-6-4-12(10-14(16)21(31)32)2-3-13-5-7-17(15(11-13)22(33)34)26-20(30)18-8-9-19(27-23)29(24)28-18/h4-11,25H,2-3,23-24H2,1H3,(H,26,30)(H,31,32)(H,33,34)/b27-19-. The highest BCUT2D eigenvalue weighted by Gasteiger charge is 2.16. The van der Waals surface area contributed by atoms with Gasteiger partial charge in [-0.25, -0.2) is 9.59 Å². The van der Waals surface area contributed by atoms with Crippen LogP contribution in [-0.4, -0.2) is 45.0 Å². The van der Waals surface area contributed by atoms with E-state index in [1.54, 1.807) is 25.2 Å². The average Bonchev–Trinajstić information content (AvgIpc) is 2.82. The number of anilines is 2. The number of aryl methyl sites for hydroxylation is 2. The smallest absolute Gasteiger partial charge is 0.337 e. The Hall–Kier alpha value is -4.87. The molecule has 1 heterocycles. The highest BCUT2D eigenvalue weighted by atomic mass is 16.4. The number of nitrogens with two attached hydrogens (primary N) is 2. The van der Waals surface area contributed by atoms with Gasteiger partial charge in [-0.1, -0.05) is 12.1 Å². The van der Waals surface area contributed by atoms with Gasteiger partial charge in [0.25, 0.3) is 5.91 Å². The van der Waals surface area contributed by atoms with Gasteiger partial charge in [0.05, 0.1) is 16.8 Å². The van der Waals surface area contributed by atoms with Crippen LogP contribution in [0.5, 0.6) is 0 Å². The number of rotatable bonds is 8. The van der Waals surface area contributed by atoms with E-state index in [4.69, 9.17) is 11.7 Å². The molecule has 3 rings (SSSR count). The van der Waals surface area contributed by atoms with Crippen LogP contribution in [0.1, 0.15) is 42.3 Å². The van der Waals surface area contributed by atoms with Crippen LogP contribution >= 0.6 is 0 Å². The van der Waals surface area contributed by atoms with Gasteiger partial charge in [-0.05, 0) is 60.4 Å². The first-order valence-electron chi connectivity index (χ1n) is 10.0. The quantitative estimate of drug-likeness (QED) is 0.206. The van der Waals surface area contributed by atoms with Crippen LogP contribution in [0.3, 0.4) is 0 Å². The zero-order valence-corrected chi connectivity index (χ0v) is 18.1. The van der Waals surface area contributed by atoms with Crippen LogP contribution in [0.15, 0.2) is 53.6 Å². The van der Waals surface area contributed by atoms with E-state index >= 15 is 0 Å². The van der Waals surface area contributed by atoms with Crippen molar-refractivity contribution in [2.45, 2.75) is 12.8 Å². The SMILES string of the molecule is CNc1ccc(CCc2ccc(NC(=O)c3cc/c(=N/N)n(N)n3)c(C(=O)O)c2)cc1C(=O)O. The molecule has 0 unspecified atom stereocenters. The van der Waals surface area contributed by atoms with Gasteiger partial charge in [0.1, 0.15) is 0 Å². The highest BCUT2D eigenvalue weighted by Crippen LogP contribution is 2.22. The number of carbonyl (C=O) groups excluding carboxylic acids is 1. The maximum Gasteiger partial charge on any atom is 0.337 e. The molecule has 3 aromatic rings. The Morgan fingerprint density at radius 1 is 0.941 bits per heavy atom. The Labute approximate surface area is 193 Å². The summed E-state index contributed by atoms with van der Waals surface area (Å²) in [6.45, 7) is 0. The first-order chi connectivity index (χ1) is 16.2. The molecule has 0 saturated carbocycles. The minimum absolute atomic E-state index is 0.0606. The minimum atomic E-state index is -1.22. The number of benzene rings is 2. The molecule has 0 aliphatic heterocycles. The fraction of sp³-hybridized carbons (Fsp3) is 0.136. The fourth-order valence-corrected chi connectivity index (χ4v) is 3.30. The molecule has 8 N–H and O–H groups in total. The fourth-order valence-electron chi connectivity index (χ4n) is 3.30. The second kappa shape index (κ2) is 10.2. The van der Waals surface area contributed by atoms with Crippen LogP contribution in [0.2, 0.25) is 0 Å². The number of hydrogen-bond acceptors (Lipinski definition) is 8. The molecule has 0 bridgehead atoms. The topological polar surface area (TPSA) is 198 Å². The summed E-state index contributed by atoms with van der Waals surface area (Å²) in [6.07, 6.45) is 0.958.